The molecule has 1 amide bonds. The van der Waals surface area contributed by atoms with E-state index >= 15 is 0 Å². The van der Waals surface area contributed by atoms with Gasteiger partial charge in [-0.25, -0.2) is 9.18 Å². The molecule has 2 rings (SSSR count). The second-order valence-electron chi connectivity index (χ2n) is 5.91. The molecular formula is C14H17ClFNO2. The standard InChI is InChI=1S/C14H17ClFNO2/c1-13(2,3)17(12(18)19)11-8-14(11,16)9-4-6-10(15)7-5-9/h4-7,11H,8H2,1-3H3,(H,18,19). The monoisotopic (exact) mass is 285 g/mol. The van der Waals surface area contributed by atoms with Gasteiger partial charge in [0.25, 0.3) is 0 Å². The molecule has 1 aromatic rings. The van der Waals surface area contributed by atoms with E-state index in [0.29, 0.717) is 10.6 Å². The summed E-state index contributed by atoms with van der Waals surface area (Å²) >= 11 is 5.78. The van der Waals surface area contributed by atoms with Gasteiger partial charge in [0.15, 0.2) is 5.67 Å². The molecule has 19 heavy (non-hydrogen) atoms. The van der Waals surface area contributed by atoms with Crippen molar-refractivity contribution in [2.24, 2.45) is 0 Å². The molecule has 0 radical (unpaired) electrons. The Morgan fingerprint density at radius 1 is 1.42 bits per heavy atom. The Hall–Kier alpha value is -1.29. The van der Waals surface area contributed by atoms with E-state index in [-0.39, 0.29) is 6.42 Å². The number of rotatable bonds is 2. The lowest BCUT2D eigenvalue weighted by Gasteiger charge is -2.34. The fourth-order valence-corrected chi connectivity index (χ4v) is 2.57. The summed E-state index contributed by atoms with van der Waals surface area (Å²) in [6, 6.07) is 5.84. The summed E-state index contributed by atoms with van der Waals surface area (Å²) in [5.74, 6) is 0. The SMILES string of the molecule is CC(C)(C)N(C(=O)O)C1CC1(F)c1ccc(Cl)cc1. The van der Waals surface area contributed by atoms with E-state index in [2.05, 4.69) is 0 Å². The Morgan fingerprint density at radius 3 is 2.37 bits per heavy atom. The van der Waals surface area contributed by atoms with Gasteiger partial charge < -0.3 is 5.11 Å². The Bertz CT molecular complexity index is 497. The molecule has 0 aliphatic heterocycles. The highest BCUT2D eigenvalue weighted by atomic mass is 35.5. The number of amides is 1. The van der Waals surface area contributed by atoms with Crippen LogP contribution in [-0.4, -0.2) is 27.7 Å². The molecule has 5 heteroatoms. The van der Waals surface area contributed by atoms with Gasteiger partial charge in [0, 0.05) is 17.0 Å². The summed E-state index contributed by atoms with van der Waals surface area (Å²) in [5, 5.41) is 9.82. The second kappa shape index (κ2) is 4.37. The van der Waals surface area contributed by atoms with Crippen molar-refractivity contribution in [2.45, 2.75) is 44.4 Å². The van der Waals surface area contributed by atoms with Crippen molar-refractivity contribution < 1.29 is 14.3 Å². The van der Waals surface area contributed by atoms with Crippen LogP contribution < -0.4 is 0 Å². The van der Waals surface area contributed by atoms with Gasteiger partial charge in [-0.3, -0.25) is 4.90 Å². The maximum Gasteiger partial charge on any atom is 0.408 e. The molecule has 1 aliphatic rings. The van der Waals surface area contributed by atoms with Crippen LogP contribution in [0.25, 0.3) is 0 Å². The van der Waals surface area contributed by atoms with E-state index in [4.69, 9.17) is 11.6 Å². The minimum absolute atomic E-state index is 0.193. The highest BCUT2D eigenvalue weighted by Crippen LogP contribution is 2.54. The normalized spacial score (nSPS) is 26.1. The van der Waals surface area contributed by atoms with E-state index < -0.39 is 23.3 Å². The fourth-order valence-electron chi connectivity index (χ4n) is 2.44. The lowest BCUT2D eigenvalue weighted by atomic mass is 10.0. The van der Waals surface area contributed by atoms with Crippen molar-refractivity contribution >= 4 is 17.7 Å². The van der Waals surface area contributed by atoms with E-state index in [1.165, 1.54) is 4.90 Å². The van der Waals surface area contributed by atoms with Gasteiger partial charge in [0.05, 0.1) is 6.04 Å². The third-order valence-electron chi connectivity index (χ3n) is 3.42. The average Bonchev–Trinajstić information content (AvgIpc) is 2.89. The minimum Gasteiger partial charge on any atom is -0.465 e. The molecule has 1 saturated carbocycles. The Balaban J connectivity index is 2.26. The number of nitrogens with zero attached hydrogens (tertiary/aromatic N) is 1. The summed E-state index contributed by atoms with van der Waals surface area (Å²) in [7, 11) is 0. The molecule has 3 nitrogen and oxygen atoms in total. The summed E-state index contributed by atoms with van der Waals surface area (Å²) in [6.07, 6.45) is -0.899. The van der Waals surface area contributed by atoms with E-state index in [0.717, 1.165) is 0 Å². The van der Waals surface area contributed by atoms with Crippen molar-refractivity contribution in [3.8, 4) is 0 Å². The maximum absolute atomic E-state index is 14.8. The largest absolute Gasteiger partial charge is 0.465 e. The number of hydrogen-bond acceptors (Lipinski definition) is 1. The highest BCUT2D eigenvalue weighted by molar-refractivity contribution is 6.30. The van der Waals surface area contributed by atoms with Crippen molar-refractivity contribution in [1.29, 1.82) is 0 Å². The zero-order chi connectivity index (χ0) is 14.4. The first-order chi connectivity index (χ1) is 8.66. The summed E-state index contributed by atoms with van der Waals surface area (Å²) < 4.78 is 14.8. The quantitative estimate of drug-likeness (QED) is 0.890. The number of carbonyl (C=O) groups is 1. The molecule has 0 aromatic heterocycles. The second-order valence-corrected chi connectivity index (χ2v) is 6.35. The molecule has 2 unspecified atom stereocenters. The molecule has 1 fully saturated rings. The highest BCUT2D eigenvalue weighted by Gasteiger charge is 2.62. The van der Waals surface area contributed by atoms with Gasteiger partial charge in [-0.2, -0.15) is 0 Å². The predicted octanol–water partition coefficient (Wildman–Crippen LogP) is 4.06. The van der Waals surface area contributed by atoms with Crippen LogP contribution in [-0.2, 0) is 5.67 Å². The summed E-state index contributed by atoms with van der Waals surface area (Å²) in [4.78, 5) is 12.5. The van der Waals surface area contributed by atoms with Gasteiger partial charge in [-0.15, -0.1) is 0 Å². The first-order valence-electron chi connectivity index (χ1n) is 6.13. The number of halogens is 2. The summed E-state index contributed by atoms with van der Waals surface area (Å²) in [6.45, 7) is 5.30. The van der Waals surface area contributed by atoms with Crippen molar-refractivity contribution in [1.82, 2.24) is 4.90 Å². The molecule has 104 valence electrons. The smallest absolute Gasteiger partial charge is 0.408 e. The maximum atomic E-state index is 14.8. The number of hydrogen-bond donors (Lipinski definition) is 1. The van der Waals surface area contributed by atoms with Crippen molar-refractivity contribution in [2.75, 3.05) is 0 Å². The van der Waals surface area contributed by atoms with Gasteiger partial charge in [0.2, 0.25) is 0 Å². The minimum atomic E-state index is -1.60. The first kappa shape index (κ1) is 14.1. The summed E-state index contributed by atoms with van der Waals surface area (Å²) in [5.41, 5.74) is -1.75. The van der Waals surface area contributed by atoms with Crippen LogP contribution in [0.2, 0.25) is 5.02 Å². The van der Waals surface area contributed by atoms with E-state index in [1.807, 2.05) is 0 Å². The molecule has 2 atom stereocenters. The Labute approximate surface area is 117 Å². The zero-order valence-corrected chi connectivity index (χ0v) is 11.9. The Morgan fingerprint density at radius 2 is 1.95 bits per heavy atom. The third kappa shape index (κ3) is 2.54. The zero-order valence-electron chi connectivity index (χ0n) is 11.2. The molecule has 0 heterocycles. The van der Waals surface area contributed by atoms with Crippen molar-refractivity contribution in [3.63, 3.8) is 0 Å². The Kier molecular flexibility index (Phi) is 3.25. The molecule has 0 saturated heterocycles. The van der Waals surface area contributed by atoms with Crippen LogP contribution in [0.3, 0.4) is 0 Å². The molecule has 1 aromatic carbocycles. The first-order valence-corrected chi connectivity index (χ1v) is 6.51. The van der Waals surface area contributed by atoms with Crippen LogP contribution in [0.4, 0.5) is 9.18 Å². The number of benzene rings is 1. The van der Waals surface area contributed by atoms with E-state index in [1.54, 1.807) is 45.0 Å². The van der Waals surface area contributed by atoms with Gasteiger partial charge in [-0.1, -0.05) is 23.7 Å². The third-order valence-corrected chi connectivity index (χ3v) is 3.68. The van der Waals surface area contributed by atoms with Crippen molar-refractivity contribution in [3.05, 3.63) is 34.9 Å². The number of alkyl halides is 1. The lowest BCUT2D eigenvalue weighted by molar-refractivity contribution is 0.0781. The molecule has 0 bridgehead atoms. The topological polar surface area (TPSA) is 40.5 Å². The average molecular weight is 286 g/mol. The molecular weight excluding hydrogens is 269 g/mol. The van der Waals surface area contributed by atoms with E-state index in [9.17, 15) is 14.3 Å². The van der Waals surface area contributed by atoms with Gasteiger partial charge in [-0.05, 0) is 38.5 Å². The molecule has 1 N–H and O–H groups in total. The lowest BCUT2D eigenvalue weighted by Crippen LogP contribution is -2.48. The molecule has 1 aliphatic carbocycles. The van der Waals surface area contributed by atoms with Crippen LogP contribution in [0.5, 0.6) is 0 Å². The number of carboxylic acid groups (broad SMARTS) is 1. The predicted molar refractivity (Wildman–Crippen MR) is 72.3 cm³/mol. The van der Waals surface area contributed by atoms with Crippen LogP contribution >= 0.6 is 11.6 Å². The van der Waals surface area contributed by atoms with Gasteiger partial charge >= 0.3 is 6.09 Å². The van der Waals surface area contributed by atoms with Crippen LogP contribution in [0, 0.1) is 0 Å². The van der Waals surface area contributed by atoms with Crippen LogP contribution in [0.15, 0.2) is 24.3 Å². The van der Waals surface area contributed by atoms with Crippen LogP contribution in [0.1, 0.15) is 32.8 Å². The molecule has 0 spiro atoms. The van der Waals surface area contributed by atoms with Gasteiger partial charge in [0.1, 0.15) is 0 Å². The fraction of sp³-hybridized carbons (Fsp3) is 0.500.